The lowest BCUT2D eigenvalue weighted by molar-refractivity contribution is 0.863. The van der Waals surface area contributed by atoms with Crippen LogP contribution in [-0.4, -0.2) is 20.5 Å². The Kier molecular flexibility index (Phi) is 3.29. The van der Waals surface area contributed by atoms with Gasteiger partial charge in [0, 0.05) is 17.5 Å². The van der Waals surface area contributed by atoms with Crippen LogP contribution in [0.4, 0.5) is 0 Å². The summed E-state index contributed by atoms with van der Waals surface area (Å²) >= 11 is 1.83. The number of aryl methyl sites for hydroxylation is 1. The van der Waals surface area contributed by atoms with Crippen molar-refractivity contribution in [2.75, 3.05) is 5.75 Å². The molecule has 4 heteroatoms. The molecule has 84 valence electrons. The second kappa shape index (κ2) is 4.70. The molecule has 0 saturated carbocycles. The molecule has 0 amide bonds. The fourth-order valence-electron chi connectivity index (χ4n) is 1.57. The van der Waals surface area contributed by atoms with Crippen LogP contribution >= 0.6 is 11.8 Å². The molecule has 16 heavy (non-hydrogen) atoms. The Hall–Kier alpha value is -1.29. The third kappa shape index (κ3) is 1.97. The molecule has 0 saturated heterocycles. The minimum Gasteiger partial charge on any atom is -0.314 e. The van der Waals surface area contributed by atoms with Crippen LogP contribution in [0.5, 0.6) is 0 Å². The number of nitrogens with zero attached hydrogens (tertiary/aromatic N) is 3. The molecule has 0 fully saturated rings. The average molecular weight is 233 g/mol. The van der Waals surface area contributed by atoms with E-state index in [1.165, 1.54) is 4.90 Å². The first-order chi connectivity index (χ1) is 7.74. The van der Waals surface area contributed by atoms with Crippen molar-refractivity contribution in [3.05, 3.63) is 30.1 Å². The van der Waals surface area contributed by atoms with Gasteiger partial charge in [0.1, 0.15) is 5.82 Å². The van der Waals surface area contributed by atoms with E-state index >= 15 is 0 Å². The zero-order valence-electron chi connectivity index (χ0n) is 9.77. The van der Waals surface area contributed by atoms with Gasteiger partial charge in [-0.15, -0.1) is 22.0 Å². The fraction of sp³-hybridized carbons (Fsp3) is 0.333. The molecule has 3 nitrogen and oxygen atoms in total. The van der Waals surface area contributed by atoms with Crippen LogP contribution in [0.25, 0.3) is 11.4 Å². The lowest BCUT2D eigenvalue weighted by Gasteiger charge is -2.07. The molecule has 0 spiro atoms. The maximum atomic E-state index is 4.23. The summed E-state index contributed by atoms with van der Waals surface area (Å²) in [5.74, 6) is 2.94. The van der Waals surface area contributed by atoms with Gasteiger partial charge in [0.25, 0.3) is 0 Å². The molecule has 0 bridgehead atoms. The molecular weight excluding hydrogens is 218 g/mol. The van der Waals surface area contributed by atoms with E-state index in [-0.39, 0.29) is 0 Å². The van der Waals surface area contributed by atoms with Crippen molar-refractivity contribution in [3.8, 4) is 11.4 Å². The number of aromatic nitrogens is 3. The fourth-order valence-corrected chi connectivity index (χ4v) is 2.38. The molecule has 0 unspecified atom stereocenters. The van der Waals surface area contributed by atoms with Gasteiger partial charge in [-0.2, -0.15) is 0 Å². The largest absolute Gasteiger partial charge is 0.314 e. The molecule has 1 aromatic heterocycles. The quantitative estimate of drug-likeness (QED) is 0.764. The Morgan fingerprint density at radius 1 is 1.25 bits per heavy atom. The zero-order valence-corrected chi connectivity index (χ0v) is 10.6. The summed E-state index contributed by atoms with van der Waals surface area (Å²) in [6.45, 7) is 4.12. The van der Waals surface area contributed by atoms with Crippen molar-refractivity contribution in [1.29, 1.82) is 0 Å². The molecule has 0 aliphatic carbocycles. The van der Waals surface area contributed by atoms with Gasteiger partial charge in [0.2, 0.25) is 0 Å². The second-order valence-corrected chi connectivity index (χ2v) is 4.86. The lowest BCUT2D eigenvalue weighted by Crippen LogP contribution is -1.96. The molecule has 1 aromatic carbocycles. The van der Waals surface area contributed by atoms with Gasteiger partial charge in [-0.05, 0) is 18.7 Å². The highest BCUT2D eigenvalue weighted by atomic mass is 32.2. The number of hydrogen-bond donors (Lipinski definition) is 0. The summed E-state index contributed by atoms with van der Waals surface area (Å²) in [6, 6.07) is 8.33. The smallest absolute Gasteiger partial charge is 0.164 e. The van der Waals surface area contributed by atoms with E-state index < -0.39 is 0 Å². The van der Waals surface area contributed by atoms with Gasteiger partial charge in [0.05, 0.1) is 0 Å². The summed E-state index contributed by atoms with van der Waals surface area (Å²) in [6.07, 6.45) is 0. The normalized spacial score (nSPS) is 10.7. The van der Waals surface area contributed by atoms with E-state index in [9.17, 15) is 0 Å². The summed E-state index contributed by atoms with van der Waals surface area (Å²) in [5.41, 5.74) is 1.16. The summed E-state index contributed by atoms with van der Waals surface area (Å²) in [4.78, 5) is 1.26. The van der Waals surface area contributed by atoms with Gasteiger partial charge in [-0.25, -0.2) is 0 Å². The van der Waals surface area contributed by atoms with Crippen LogP contribution in [0, 0.1) is 6.92 Å². The third-order valence-electron chi connectivity index (χ3n) is 2.52. The van der Waals surface area contributed by atoms with E-state index in [1.807, 2.05) is 36.4 Å². The maximum absolute atomic E-state index is 4.23. The van der Waals surface area contributed by atoms with Crippen LogP contribution in [0.2, 0.25) is 0 Å². The average Bonchev–Trinajstić information content (AvgIpc) is 2.61. The molecule has 1 heterocycles. The highest BCUT2D eigenvalue weighted by Gasteiger charge is 2.11. The predicted molar refractivity (Wildman–Crippen MR) is 67.6 cm³/mol. The molecule has 2 rings (SSSR count). The van der Waals surface area contributed by atoms with E-state index in [4.69, 9.17) is 0 Å². The first-order valence-corrected chi connectivity index (χ1v) is 6.30. The predicted octanol–water partition coefficient (Wildman–Crippen LogP) is 2.90. The SMILES string of the molecule is CCSc1ccccc1-c1nnc(C)n1C. The van der Waals surface area contributed by atoms with Crippen molar-refractivity contribution < 1.29 is 0 Å². The summed E-state index contributed by atoms with van der Waals surface area (Å²) < 4.78 is 2.02. The molecule has 0 N–H and O–H groups in total. The lowest BCUT2D eigenvalue weighted by atomic mass is 10.2. The molecule has 0 aliphatic heterocycles. The Bertz CT molecular complexity index is 491. The maximum Gasteiger partial charge on any atom is 0.164 e. The van der Waals surface area contributed by atoms with Crippen LogP contribution in [0.3, 0.4) is 0 Å². The second-order valence-electron chi connectivity index (χ2n) is 3.56. The molecule has 0 aliphatic rings. The minimum absolute atomic E-state index is 0.936. The summed E-state index contributed by atoms with van der Waals surface area (Å²) in [5, 5.41) is 8.33. The number of thioether (sulfide) groups is 1. The molecule has 0 atom stereocenters. The summed E-state index contributed by atoms with van der Waals surface area (Å²) in [7, 11) is 2.00. The number of hydrogen-bond acceptors (Lipinski definition) is 3. The number of rotatable bonds is 3. The highest BCUT2D eigenvalue weighted by Crippen LogP contribution is 2.29. The molecule has 2 aromatic rings. The van der Waals surface area contributed by atoms with Crippen LogP contribution in [0.1, 0.15) is 12.7 Å². The van der Waals surface area contributed by atoms with E-state index in [0.29, 0.717) is 0 Å². The van der Waals surface area contributed by atoms with Gasteiger partial charge >= 0.3 is 0 Å². The van der Waals surface area contributed by atoms with E-state index in [0.717, 1.165) is 23.0 Å². The van der Waals surface area contributed by atoms with Crippen LogP contribution in [0.15, 0.2) is 29.2 Å². The van der Waals surface area contributed by atoms with Crippen molar-refractivity contribution >= 4 is 11.8 Å². The Labute approximate surface area is 99.9 Å². The Morgan fingerprint density at radius 2 is 2.00 bits per heavy atom. The number of benzene rings is 1. The first-order valence-electron chi connectivity index (χ1n) is 5.32. The first kappa shape index (κ1) is 11.2. The standard InChI is InChI=1S/C12H15N3S/c1-4-16-11-8-6-5-7-10(11)12-14-13-9(2)15(12)3/h5-8H,4H2,1-3H3. The van der Waals surface area contributed by atoms with Gasteiger partial charge in [-0.1, -0.05) is 25.1 Å². The Morgan fingerprint density at radius 3 is 2.62 bits per heavy atom. The topological polar surface area (TPSA) is 30.7 Å². The molecule has 0 radical (unpaired) electrons. The van der Waals surface area contributed by atoms with E-state index in [2.05, 4.69) is 35.3 Å². The van der Waals surface area contributed by atoms with Crippen LogP contribution < -0.4 is 0 Å². The Balaban J connectivity index is 2.51. The monoisotopic (exact) mass is 233 g/mol. The van der Waals surface area contributed by atoms with Crippen molar-refractivity contribution in [2.45, 2.75) is 18.7 Å². The van der Waals surface area contributed by atoms with Gasteiger partial charge < -0.3 is 4.57 Å². The van der Waals surface area contributed by atoms with Crippen molar-refractivity contribution in [1.82, 2.24) is 14.8 Å². The van der Waals surface area contributed by atoms with Gasteiger partial charge in [-0.3, -0.25) is 0 Å². The minimum atomic E-state index is 0.936. The van der Waals surface area contributed by atoms with Gasteiger partial charge in [0.15, 0.2) is 5.82 Å². The highest BCUT2D eigenvalue weighted by molar-refractivity contribution is 7.99. The zero-order chi connectivity index (χ0) is 11.5. The van der Waals surface area contributed by atoms with Crippen molar-refractivity contribution in [2.24, 2.45) is 7.05 Å². The van der Waals surface area contributed by atoms with E-state index in [1.54, 1.807) is 0 Å². The van der Waals surface area contributed by atoms with Crippen LogP contribution in [-0.2, 0) is 7.05 Å². The van der Waals surface area contributed by atoms with Crippen molar-refractivity contribution in [3.63, 3.8) is 0 Å². The molecular formula is C12H15N3S. The third-order valence-corrected chi connectivity index (χ3v) is 3.48.